The summed E-state index contributed by atoms with van der Waals surface area (Å²) >= 11 is 9.59. The van der Waals surface area contributed by atoms with Crippen molar-refractivity contribution < 1.29 is 4.39 Å². The number of aryl methyl sites for hydroxylation is 2. The highest BCUT2D eigenvalue weighted by atomic mass is 79.9. The van der Waals surface area contributed by atoms with Gasteiger partial charge in [-0.1, -0.05) is 33.6 Å². The van der Waals surface area contributed by atoms with Crippen molar-refractivity contribution in [3.63, 3.8) is 0 Å². The van der Waals surface area contributed by atoms with Crippen LogP contribution in [0.25, 0.3) is 0 Å². The Labute approximate surface area is 125 Å². The Morgan fingerprint density at radius 3 is 2.26 bits per heavy atom. The fourth-order valence-electron chi connectivity index (χ4n) is 2.32. The lowest BCUT2D eigenvalue weighted by atomic mass is 9.92. The maximum atomic E-state index is 13.3. The van der Waals surface area contributed by atoms with Crippen LogP contribution in [-0.2, 0) is 0 Å². The average molecular weight is 343 g/mol. The van der Waals surface area contributed by atoms with Crippen LogP contribution in [0.5, 0.6) is 0 Å². The fourth-order valence-corrected chi connectivity index (χ4v) is 3.11. The lowest BCUT2D eigenvalue weighted by Gasteiger charge is -2.19. The molecule has 0 aliphatic rings. The van der Waals surface area contributed by atoms with E-state index in [9.17, 15) is 4.39 Å². The van der Waals surface area contributed by atoms with Gasteiger partial charge in [0.25, 0.3) is 0 Å². The van der Waals surface area contributed by atoms with Crippen LogP contribution < -0.4 is 5.73 Å². The van der Waals surface area contributed by atoms with Gasteiger partial charge in [-0.05, 0) is 60.4 Å². The number of hydrogen-bond acceptors (Lipinski definition) is 1. The van der Waals surface area contributed by atoms with Gasteiger partial charge in [-0.3, -0.25) is 0 Å². The Bertz CT molecular complexity index is 605. The molecule has 4 heteroatoms. The molecule has 0 amide bonds. The van der Waals surface area contributed by atoms with Crippen molar-refractivity contribution in [3.05, 3.63) is 67.9 Å². The van der Waals surface area contributed by atoms with E-state index < -0.39 is 0 Å². The van der Waals surface area contributed by atoms with E-state index >= 15 is 0 Å². The second-order valence-electron chi connectivity index (χ2n) is 4.60. The van der Waals surface area contributed by atoms with Crippen LogP contribution >= 0.6 is 27.5 Å². The third kappa shape index (κ3) is 2.99. The molecule has 1 atom stereocenters. The lowest BCUT2D eigenvalue weighted by molar-refractivity contribution is 0.623. The molecule has 0 saturated heterocycles. The van der Waals surface area contributed by atoms with E-state index in [1.165, 1.54) is 12.1 Å². The molecule has 0 heterocycles. The molecule has 1 nitrogen and oxygen atoms in total. The van der Waals surface area contributed by atoms with Gasteiger partial charge in [0.2, 0.25) is 0 Å². The van der Waals surface area contributed by atoms with Gasteiger partial charge in [-0.2, -0.15) is 0 Å². The molecule has 0 fully saturated rings. The van der Waals surface area contributed by atoms with E-state index in [4.69, 9.17) is 17.3 Å². The number of benzene rings is 2. The molecular formula is C15H14BrClFN. The summed E-state index contributed by atoms with van der Waals surface area (Å²) in [5, 5.41) is 0.602. The smallest absolute Gasteiger partial charge is 0.123 e. The maximum Gasteiger partial charge on any atom is 0.123 e. The van der Waals surface area contributed by atoms with Gasteiger partial charge >= 0.3 is 0 Å². The Kier molecular flexibility index (Phi) is 4.29. The lowest BCUT2D eigenvalue weighted by Crippen LogP contribution is -2.15. The zero-order valence-electron chi connectivity index (χ0n) is 10.7. The molecule has 0 aliphatic carbocycles. The topological polar surface area (TPSA) is 26.0 Å². The minimum atomic E-state index is -0.360. The van der Waals surface area contributed by atoms with Gasteiger partial charge in [0.15, 0.2) is 0 Å². The molecule has 19 heavy (non-hydrogen) atoms. The first-order valence-electron chi connectivity index (χ1n) is 5.87. The van der Waals surface area contributed by atoms with Gasteiger partial charge in [-0.25, -0.2) is 4.39 Å². The van der Waals surface area contributed by atoms with Crippen molar-refractivity contribution in [2.45, 2.75) is 19.9 Å². The minimum Gasteiger partial charge on any atom is -0.320 e. The highest BCUT2D eigenvalue weighted by Gasteiger charge is 2.17. The van der Waals surface area contributed by atoms with Crippen molar-refractivity contribution in [2.75, 3.05) is 0 Å². The molecule has 0 bridgehead atoms. The number of halogens is 3. The van der Waals surface area contributed by atoms with Crippen LogP contribution in [0, 0.1) is 19.7 Å². The molecule has 0 radical (unpaired) electrons. The van der Waals surface area contributed by atoms with Crippen molar-refractivity contribution in [1.29, 1.82) is 0 Å². The number of hydrogen-bond donors (Lipinski definition) is 1. The van der Waals surface area contributed by atoms with Crippen LogP contribution in [0.3, 0.4) is 0 Å². The summed E-state index contributed by atoms with van der Waals surface area (Å²) in [7, 11) is 0. The zero-order valence-corrected chi connectivity index (χ0v) is 13.0. The van der Waals surface area contributed by atoms with Crippen LogP contribution in [0.15, 0.2) is 34.8 Å². The minimum absolute atomic E-state index is 0.243. The Morgan fingerprint density at radius 1 is 1.16 bits per heavy atom. The molecule has 2 aromatic carbocycles. The predicted octanol–water partition coefficient (Wildman–Crippen LogP) is 4.91. The maximum absolute atomic E-state index is 13.3. The van der Waals surface area contributed by atoms with Crippen LogP contribution in [-0.4, -0.2) is 0 Å². The Hall–Kier alpha value is -0.900. The Balaban J connectivity index is 2.53. The van der Waals surface area contributed by atoms with Gasteiger partial charge in [0.05, 0.1) is 6.04 Å². The summed E-state index contributed by atoms with van der Waals surface area (Å²) in [6, 6.07) is 8.23. The largest absolute Gasteiger partial charge is 0.320 e. The van der Waals surface area contributed by atoms with Crippen LogP contribution in [0.1, 0.15) is 28.3 Å². The second kappa shape index (κ2) is 5.61. The zero-order chi connectivity index (χ0) is 14.2. The van der Waals surface area contributed by atoms with E-state index in [-0.39, 0.29) is 11.9 Å². The summed E-state index contributed by atoms with van der Waals surface area (Å²) < 4.78 is 14.2. The molecule has 0 spiro atoms. The number of rotatable bonds is 2. The van der Waals surface area contributed by atoms with E-state index in [0.717, 1.165) is 26.7 Å². The van der Waals surface area contributed by atoms with Gasteiger partial charge in [0, 0.05) is 9.50 Å². The molecule has 100 valence electrons. The molecule has 0 saturated carbocycles. The van der Waals surface area contributed by atoms with Crippen LogP contribution in [0.2, 0.25) is 5.02 Å². The van der Waals surface area contributed by atoms with Gasteiger partial charge < -0.3 is 5.73 Å². The number of nitrogens with two attached hydrogens (primary N) is 1. The molecular weight excluding hydrogens is 329 g/mol. The molecule has 0 aromatic heterocycles. The molecule has 2 N–H and O–H groups in total. The third-order valence-electron chi connectivity index (χ3n) is 3.17. The van der Waals surface area contributed by atoms with Crippen molar-refractivity contribution in [1.82, 2.24) is 0 Å². The molecule has 2 rings (SSSR count). The van der Waals surface area contributed by atoms with Crippen molar-refractivity contribution in [3.8, 4) is 0 Å². The third-order valence-corrected chi connectivity index (χ3v) is 3.99. The summed E-state index contributed by atoms with van der Waals surface area (Å²) in [6.45, 7) is 3.72. The van der Waals surface area contributed by atoms with E-state index in [1.807, 2.05) is 32.0 Å². The standard InChI is InChI=1S/C15H14BrClFN/c1-8-5-11(18)6-9(2)14(8)15(19)12-4-3-10(16)7-13(12)17/h3-7,15H,19H2,1-2H3. The molecule has 1 unspecified atom stereocenters. The normalized spacial score (nSPS) is 12.5. The highest BCUT2D eigenvalue weighted by Crippen LogP contribution is 2.32. The molecule has 2 aromatic rings. The van der Waals surface area contributed by atoms with Gasteiger partial charge in [-0.15, -0.1) is 0 Å². The summed E-state index contributed by atoms with van der Waals surface area (Å²) in [5.41, 5.74) is 9.73. The average Bonchev–Trinajstić information content (AvgIpc) is 2.26. The second-order valence-corrected chi connectivity index (χ2v) is 5.92. The van der Waals surface area contributed by atoms with E-state index in [0.29, 0.717) is 5.02 Å². The predicted molar refractivity (Wildman–Crippen MR) is 81.1 cm³/mol. The highest BCUT2D eigenvalue weighted by molar-refractivity contribution is 9.10. The first kappa shape index (κ1) is 14.5. The summed E-state index contributed by atoms with van der Waals surface area (Å²) in [4.78, 5) is 0. The van der Waals surface area contributed by atoms with Crippen molar-refractivity contribution >= 4 is 27.5 Å². The first-order valence-corrected chi connectivity index (χ1v) is 7.04. The fraction of sp³-hybridized carbons (Fsp3) is 0.200. The summed E-state index contributed by atoms with van der Waals surface area (Å²) in [5.74, 6) is -0.243. The summed E-state index contributed by atoms with van der Waals surface area (Å²) in [6.07, 6.45) is 0. The van der Waals surface area contributed by atoms with Crippen molar-refractivity contribution in [2.24, 2.45) is 5.73 Å². The van der Waals surface area contributed by atoms with E-state index in [1.54, 1.807) is 0 Å². The monoisotopic (exact) mass is 341 g/mol. The SMILES string of the molecule is Cc1cc(F)cc(C)c1C(N)c1ccc(Br)cc1Cl. The van der Waals surface area contributed by atoms with E-state index in [2.05, 4.69) is 15.9 Å². The quantitative estimate of drug-likeness (QED) is 0.825. The van der Waals surface area contributed by atoms with Gasteiger partial charge in [0.1, 0.15) is 5.82 Å². The van der Waals surface area contributed by atoms with Crippen LogP contribution in [0.4, 0.5) is 4.39 Å². The first-order chi connectivity index (χ1) is 8.90. The molecule has 0 aliphatic heterocycles. The Morgan fingerprint density at radius 2 is 1.74 bits per heavy atom.